The smallest absolute Gasteiger partial charge is 0.125 e. The summed E-state index contributed by atoms with van der Waals surface area (Å²) in [5.41, 5.74) is 12.4. The number of nitrogens with one attached hydrogen (secondary N) is 1. The summed E-state index contributed by atoms with van der Waals surface area (Å²) in [6, 6.07) is 18.0. The van der Waals surface area contributed by atoms with Gasteiger partial charge < -0.3 is 16.3 Å². The predicted molar refractivity (Wildman–Crippen MR) is 97.4 cm³/mol. The predicted octanol–water partition coefficient (Wildman–Crippen LogP) is 4.23. The van der Waals surface area contributed by atoms with Crippen molar-refractivity contribution in [1.82, 2.24) is 0 Å². The van der Waals surface area contributed by atoms with Crippen LogP contribution >= 0.6 is 0 Å². The highest BCUT2D eigenvalue weighted by Gasteiger charge is 2.27. The number of anilines is 2. The lowest BCUT2D eigenvalue weighted by molar-refractivity contribution is 0.320. The SMILES string of the molecule is Nc1cc(F)ccc1NCc1cccc2c1-c1ccccc1/C2=N\O. The summed E-state index contributed by atoms with van der Waals surface area (Å²) in [6.45, 7) is 0.520. The molecule has 3 aromatic rings. The molecule has 124 valence electrons. The van der Waals surface area contributed by atoms with Crippen molar-refractivity contribution in [2.75, 3.05) is 11.1 Å². The average Bonchev–Trinajstić information content (AvgIpc) is 2.95. The summed E-state index contributed by atoms with van der Waals surface area (Å²) in [7, 11) is 0. The van der Waals surface area contributed by atoms with Gasteiger partial charge in [0.1, 0.15) is 11.5 Å². The van der Waals surface area contributed by atoms with Crippen molar-refractivity contribution in [1.29, 1.82) is 0 Å². The highest BCUT2D eigenvalue weighted by atomic mass is 19.1. The first-order valence-corrected chi connectivity index (χ1v) is 7.92. The van der Waals surface area contributed by atoms with Crippen LogP contribution in [0.25, 0.3) is 11.1 Å². The van der Waals surface area contributed by atoms with Crippen LogP contribution < -0.4 is 11.1 Å². The van der Waals surface area contributed by atoms with Gasteiger partial charge in [-0.3, -0.25) is 0 Å². The fraction of sp³-hybridized carbons (Fsp3) is 0.0500. The van der Waals surface area contributed by atoms with Gasteiger partial charge in [-0.2, -0.15) is 0 Å². The number of halogens is 1. The molecule has 1 aliphatic carbocycles. The minimum atomic E-state index is -0.360. The zero-order chi connectivity index (χ0) is 17.4. The van der Waals surface area contributed by atoms with Crippen molar-refractivity contribution < 1.29 is 9.60 Å². The van der Waals surface area contributed by atoms with E-state index in [0.29, 0.717) is 23.6 Å². The molecule has 0 aliphatic heterocycles. The third kappa shape index (κ3) is 2.50. The van der Waals surface area contributed by atoms with Gasteiger partial charge in [-0.15, -0.1) is 0 Å². The first kappa shape index (κ1) is 15.2. The molecule has 5 heteroatoms. The van der Waals surface area contributed by atoms with E-state index >= 15 is 0 Å². The van der Waals surface area contributed by atoms with Crippen molar-refractivity contribution in [3.8, 4) is 11.1 Å². The normalized spacial score (nSPS) is 13.6. The molecule has 0 spiro atoms. The standard InChI is InChI=1S/C20H16FN3O/c21-13-8-9-18(17(22)10-13)23-11-12-4-3-7-16-19(12)14-5-1-2-6-15(14)20(16)24-25/h1-10,23,25H,11,22H2/b24-20+. The molecular weight excluding hydrogens is 317 g/mol. The lowest BCUT2D eigenvalue weighted by atomic mass is 9.99. The van der Waals surface area contributed by atoms with Gasteiger partial charge in [0.05, 0.1) is 11.4 Å². The van der Waals surface area contributed by atoms with Crippen molar-refractivity contribution in [3.63, 3.8) is 0 Å². The Morgan fingerprint density at radius 1 is 0.960 bits per heavy atom. The maximum atomic E-state index is 13.2. The van der Waals surface area contributed by atoms with E-state index in [0.717, 1.165) is 27.8 Å². The number of nitrogens with zero attached hydrogens (tertiary/aromatic N) is 1. The lowest BCUT2D eigenvalue weighted by Gasteiger charge is -2.13. The summed E-state index contributed by atoms with van der Waals surface area (Å²) in [4.78, 5) is 0. The van der Waals surface area contributed by atoms with Crippen LogP contribution in [0.5, 0.6) is 0 Å². The van der Waals surface area contributed by atoms with E-state index in [4.69, 9.17) is 5.73 Å². The second kappa shape index (κ2) is 5.94. The van der Waals surface area contributed by atoms with Crippen molar-refractivity contribution in [2.45, 2.75) is 6.54 Å². The van der Waals surface area contributed by atoms with Crippen LogP contribution in [-0.4, -0.2) is 10.9 Å². The lowest BCUT2D eigenvalue weighted by Crippen LogP contribution is -2.05. The summed E-state index contributed by atoms with van der Waals surface area (Å²) in [5, 5.41) is 16.2. The molecule has 0 aromatic heterocycles. The van der Waals surface area contributed by atoms with E-state index in [2.05, 4.69) is 10.5 Å². The number of hydrogen-bond donors (Lipinski definition) is 3. The molecule has 0 amide bonds. The van der Waals surface area contributed by atoms with E-state index in [1.165, 1.54) is 12.1 Å². The molecule has 0 atom stereocenters. The second-order valence-corrected chi connectivity index (χ2v) is 5.92. The Bertz CT molecular complexity index is 998. The molecular formula is C20H16FN3O. The fourth-order valence-corrected chi connectivity index (χ4v) is 3.31. The number of hydrogen-bond acceptors (Lipinski definition) is 4. The molecule has 0 fully saturated rings. The first-order chi connectivity index (χ1) is 12.2. The average molecular weight is 333 g/mol. The molecule has 4 nitrogen and oxygen atoms in total. The molecule has 0 saturated carbocycles. The summed E-state index contributed by atoms with van der Waals surface area (Å²) < 4.78 is 13.2. The van der Waals surface area contributed by atoms with Gasteiger partial charge in [-0.05, 0) is 34.9 Å². The summed E-state index contributed by atoms with van der Waals surface area (Å²) in [6.07, 6.45) is 0. The van der Waals surface area contributed by atoms with Gasteiger partial charge >= 0.3 is 0 Å². The number of oxime groups is 1. The van der Waals surface area contributed by atoms with Crippen LogP contribution in [0.3, 0.4) is 0 Å². The second-order valence-electron chi connectivity index (χ2n) is 5.92. The van der Waals surface area contributed by atoms with Crippen molar-refractivity contribution in [2.24, 2.45) is 5.16 Å². The van der Waals surface area contributed by atoms with Crippen LogP contribution in [0, 0.1) is 5.82 Å². The maximum Gasteiger partial charge on any atom is 0.125 e. The van der Waals surface area contributed by atoms with Crippen LogP contribution in [0.2, 0.25) is 0 Å². The van der Waals surface area contributed by atoms with E-state index < -0.39 is 0 Å². The Labute approximate surface area is 144 Å². The van der Waals surface area contributed by atoms with Crippen LogP contribution in [0.15, 0.2) is 65.8 Å². The first-order valence-electron chi connectivity index (χ1n) is 7.92. The highest BCUT2D eigenvalue weighted by molar-refractivity contribution is 6.24. The summed E-state index contributed by atoms with van der Waals surface area (Å²) >= 11 is 0. The van der Waals surface area contributed by atoms with Crippen LogP contribution in [0.1, 0.15) is 16.7 Å². The van der Waals surface area contributed by atoms with Gasteiger partial charge in [-0.1, -0.05) is 47.6 Å². The quantitative estimate of drug-likeness (QED) is 0.298. The third-order valence-corrected chi connectivity index (χ3v) is 4.44. The Morgan fingerprint density at radius 3 is 2.48 bits per heavy atom. The molecule has 3 aromatic carbocycles. The Kier molecular flexibility index (Phi) is 3.61. The molecule has 0 saturated heterocycles. The third-order valence-electron chi connectivity index (χ3n) is 4.44. The number of nitrogen functional groups attached to an aromatic ring is 1. The zero-order valence-electron chi connectivity index (χ0n) is 13.3. The molecule has 0 bridgehead atoms. The van der Waals surface area contributed by atoms with E-state index in [1.54, 1.807) is 6.07 Å². The van der Waals surface area contributed by atoms with Crippen molar-refractivity contribution in [3.05, 3.63) is 83.2 Å². The molecule has 0 radical (unpaired) electrons. The number of fused-ring (bicyclic) bond motifs is 3. The Balaban J connectivity index is 1.73. The molecule has 0 unspecified atom stereocenters. The fourth-order valence-electron chi connectivity index (χ4n) is 3.31. The van der Waals surface area contributed by atoms with Gasteiger partial charge in [-0.25, -0.2) is 4.39 Å². The van der Waals surface area contributed by atoms with Gasteiger partial charge in [0, 0.05) is 17.7 Å². The Hall–Kier alpha value is -3.34. The van der Waals surface area contributed by atoms with Crippen LogP contribution in [0.4, 0.5) is 15.8 Å². The largest absolute Gasteiger partial charge is 0.410 e. The number of rotatable bonds is 3. The molecule has 0 heterocycles. The van der Waals surface area contributed by atoms with Gasteiger partial charge in [0.2, 0.25) is 0 Å². The number of nitrogens with two attached hydrogens (primary N) is 1. The monoisotopic (exact) mass is 333 g/mol. The molecule has 1 aliphatic rings. The van der Waals surface area contributed by atoms with E-state index in [1.807, 2.05) is 42.5 Å². The van der Waals surface area contributed by atoms with Crippen molar-refractivity contribution >= 4 is 17.1 Å². The van der Waals surface area contributed by atoms with Gasteiger partial charge in [0.15, 0.2) is 0 Å². The highest BCUT2D eigenvalue weighted by Crippen LogP contribution is 2.39. The van der Waals surface area contributed by atoms with E-state index in [-0.39, 0.29) is 5.82 Å². The molecule has 4 rings (SSSR count). The molecule has 4 N–H and O–H groups in total. The van der Waals surface area contributed by atoms with Crippen LogP contribution in [-0.2, 0) is 6.54 Å². The zero-order valence-corrected chi connectivity index (χ0v) is 13.3. The maximum absolute atomic E-state index is 13.2. The van der Waals surface area contributed by atoms with Gasteiger partial charge in [0.25, 0.3) is 0 Å². The minimum Gasteiger partial charge on any atom is -0.410 e. The summed E-state index contributed by atoms with van der Waals surface area (Å²) in [5.74, 6) is -0.360. The topological polar surface area (TPSA) is 70.6 Å². The molecule has 25 heavy (non-hydrogen) atoms. The van der Waals surface area contributed by atoms with E-state index in [9.17, 15) is 9.60 Å². The minimum absolute atomic E-state index is 0.360. The Morgan fingerprint density at radius 2 is 1.72 bits per heavy atom. The number of benzene rings is 3.